The number of carboxylic acids is 1. The summed E-state index contributed by atoms with van der Waals surface area (Å²) in [5.74, 6) is -3.19. The van der Waals surface area contributed by atoms with Crippen molar-refractivity contribution in [3.8, 4) is 5.69 Å². The second-order valence-electron chi connectivity index (χ2n) is 6.01. The minimum absolute atomic E-state index is 0.0812. The second-order valence-corrected chi connectivity index (χ2v) is 6.01. The summed E-state index contributed by atoms with van der Waals surface area (Å²) in [6, 6.07) is 8.68. The normalized spacial score (nSPS) is 10.7. The molecule has 2 aromatic heterocycles. The van der Waals surface area contributed by atoms with Gasteiger partial charge in [0.1, 0.15) is 5.56 Å². The molecule has 0 radical (unpaired) electrons. The number of amides is 1. The molecule has 0 atom stereocenters. The van der Waals surface area contributed by atoms with Crippen molar-refractivity contribution in [1.29, 1.82) is 0 Å². The zero-order valence-electron chi connectivity index (χ0n) is 15.8. The lowest BCUT2D eigenvalue weighted by molar-refractivity contribution is -0.192. The highest BCUT2D eigenvalue weighted by Gasteiger charge is 2.38. The average Bonchev–Trinajstić information content (AvgIpc) is 3.01. The van der Waals surface area contributed by atoms with Crippen LogP contribution in [0.3, 0.4) is 0 Å². The largest absolute Gasteiger partial charge is 0.490 e. The number of aryl methyl sites for hydroxylation is 1. The average molecular weight is 422 g/mol. The number of carbonyl (C=O) groups is 2. The lowest BCUT2D eigenvalue weighted by Gasteiger charge is -2.08. The lowest BCUT2D eigenvalue weighted by atomic mass is 10.2. The van der Waals surface area contributed by atoms with Crippen LogP contribution >= 0.6 is 0 Å². The molecule has 0 aliphatic rings. The van der Waals surface area contributed by atoms with Gasteiger partial charge in [0, 0.05) is 35.5 Å². The third-order valence-electron chi connectivity index (χ3n) is 3.97. The summed E-state index contributed by atoms with van der Waals surface area (Å²) in [6.45, 7) is 3.96. The predicted molar refractivity (Wildman–Crippen MR) is 102 cm³/mol. The van der Waals surface area contributed by atoms with Crippen molar-refractivity contribution in [2.24, 2.45) is 0 Å². The maximum atomic E-state index is 12.1. The summed E-state index contributed by atoms with van der Waals surface area (Å²) in [4.78, 5) is 39.6. The molecular weight excluding hydrogens is 405 g/mol. The molecule has 0 aliphatic heterocycles. The van der Waals surface area contributed by atoms with Gasteiger partial charge in [0.15, 0.2) is 5.43 Å². The number of nitrogens with one attached hydrogen (secondary N) is 2. The van der Waals surface area contributed by atoms with Gasteiger partial charge in [-0.05, 0) is 38.1 Å². The summed E-state index contributed by atoms with van der Waals surface area (Å²) in [6.07, 6.45) is -0.436. The number of hydrogen-bond acceptors (Lipinski definition) is 4. The highest BCUT2D eigenvalue weighted by molar-refractivity contribution is 6.03. The summed E-state index contributed by atoms with van der Waals surface area (Å²) in [7, 11) is 0. The first-order chi connectivity index (χ1) is 14.0. The number of anilines is 1. The van der Waals surface area contributed by atoms with Gasteiger partial charge in [-0.1, -0.05) is 0 Å². The van der Waals surface area contributed by atoms with Crippen LogP contribution in [-0.2, 0) is 4.79 Å². The number of benzene rings is 1. The van der Waals surface area contributed by atoms with Crippen molar-refractivity contribution < 1.29 is 27.9 Å². The standard InChI is InChI=1S/C17H16N4O2.C2HF3O2/c1-11-12(2)21(10-19-11)14-5-3-13(4-6-14)20-17(23)15-9-18-8-7-16(15)22;3-2(4,5)1(6)7/h3-10H,1-2H3,(H,18,22)(H,20,23);(H,6,7). The third-order valence-corrected chi connectivity index (χ3v) is 3.97. The Bertz CT molecular complexity index is 1100. The maximum Gasteiger partial charge on any atom is 0.490 e. The van der Waals surface area contributed by atoms with E-state index in [2.05, 4.69) is 15.3 Å². The van der Waals surface area contributed by atoms with Crippen LogP contribution in [0.2, 0.25) is 0 Å². The summed E-state index contributed by atoms with van der Waals surface area (Å²) in [5, 5.41) is 9.84. The quantitative estimate of drug-likeness (QED) is 0.600. The molecule has 3 N–H and O–H groups in total. The Balaban J connectivity index is 0.000000396. The number of carbonyl (C=O) groups excluding carboxylic acids is 1. The van der Waals surface area contributed by atoms with E-state index in [1.165, 1.54) is 18.5 Å². The van der Waals surface area contributed by atoms with E-state index in [1.807, 2.05) is 30.5 Å². The first-order valence-electron chi connectivity index (χ1n) is 8.40. The Labute approximate surface area is 168 Å². The van der Waals surface area contributed by atoms with Gasteiger partial charge in [0.05, 0.1) is 12.0 Å². The highest BCUT2D eigenvalue weighted by Crippen LogP contribution is 2.17. The van der Waals surface area contributed by atoms with E-state index in [1.54, 1.807) is 18.5 Å². The number of aromatic amines is 1. The lowest BCUT2D eigenvalue weighted by Crippen LogP contribution is -2.21. The Morgan fingerprint density at radius 2 is 1.73 bits per heavy atom. The van der Waals surface area contributed by atoms with Crippen LogP contribution in [0.15, 0.2) is 53.8 Å². The number of aromatic nitrogens is 3. The summed E-state index contributed by atoms with van der Waals surface area (Å²) in [5.41, 5.74) is 3.39. The molecule has 0 aliphatic carbocycles. The number of rotatable bonds is 3. The fourth-order valence-corrected chi connectivity index (χ4v) is 2.26. The van der Waals surface area contributed by atoms with Crippen LogP contribution in [0.1, 0.15) is 21.7 Å². The second kappa shape index (κ2) is 9.07. The van der Waals surface area contributed by atoms with Crippen LogP contribution in [0.5, 0.6) is 0 Å². The molecule has 3 rings (SSSR count). The molecule has 11 heteroatoms. The molecule has 0 unspecified atom stereocenters. The van der Waals surface area contributed by atoms with Gasteiger partial charge in [0.2, 0.25) is 0 Å². The van der Waals surface area contributed by atoms with Crippen molar-refractivity contribution in [2.75, 3.05) is 5.32 Å². The van der Waals surface area contributed by atoms with Gasteiger partial charge < -0.3 is 20.0 Å². The van der Waals surface area contributed by atoms with E-state index in [-0.39, 0.29) is 11.0 Å². The minimum atomic E-state index is -5.08. The van der Waals surface area contributed by atoms with Gasteiger partial charge in [0.25, 0.3) is 5.91 Å². The van der Waals surface area contributed by atoms with E-state index in [9.17, 15) is 22.8 Å². The van der Waals surface area contributed by atoms with Gasteiger partial charge in [-0.25, -0.2) is 9.78 Å². The van der Waals surface area contributed by atoms with Crippen LogP contribution in [0.4, 0.5) is 18.9 Å². The van der Waals surface area contributed by atoms with Gasteiger partial charge in [-0.2, -0.15) is 13.2 Å². The minimum Gasteiger partial charge on any atom is -0.475 e. The van der Waals surface area contributed by atoms with E-state index in [4.69, 9.17) is 9.90 Å². The molecule has 0 bridgehead atoms. The number of aliphatic carboxylic acids is 1. The number of halogens is 3. The number of imidazole rings is 1. The Morgan fingerprint density at radius 1 is 1.13 bits per heavy atom. The molecule has 158 valence electrons. The number of pyridine rings is 1. The van der Waals surface area contributed by atoms with E-state index < -0.39 is 18.1 Å². The first kappa shape index (κ1) is 22.4. The molecule has 0 saturated heterocycles. The van der Waals surface area contributed by atoms with E-state index in [0.29, 0.717) is 5.69 Å². The van der Waals surface area contributed by atoms with Crippen LogP contribution in [0.25, 0.3) is 5.69 Å². The molecular formula is C19H17F3N4O4. The first-order valence-corrected chi connectivity index (χ1v) is 8.40. The number of H-pyrrole nitrogens is 1. The number of hydrogen-bond donors (Lipinski definition) is 3. The van der Waals surface area contributed by atoms with E-state index >= 15 is 0 Å². The molecule has 8 nitrogen and oxygen atoms in total. The molecule has 0 saturated carbocycles. The predicted octanol–water partition coefficient (Wildman–Crippen LogP) is 3.06. The van der Waals surface area contributed by atoms with Gasteiger partial charge in [-0.15, -0.1) is 0 Å². The SMILES string of the molecule is Cc1ncn(-c2ccc(NC(=O)c3c[nH]ccc3=O)cc2)c1C.O=C(O)C(F)(F)F. The molecule has 30 heavy (non-hydrogen) atoms. The molecule has 1 aromatic carbocycles. The molecule has 2 heterocycles. The summed E-state index contributed by atoms with van der Waals surface area (Å²) >= 11 is 0. The smallest absolute Gasteiger partial charge is 0.475 e. The molecule has 0 fully saturated rings. The van der Waals surface area contributed by atoms with Gasteiger partial charge in [-0.3, -0.25) is 9.59 Å². The van der Waals surface area contributed by atoms with Crippen LogP contribution < -0.4 is 10.7 Å². The van der Waals surface area contributed by atoms with Gasteiger partial charge >= 0.3 is 12.1 Å². The maximum absolute atomic E-state index is 12.1. The number of nitrogens with zero attached hydrogens (tertiary/aromatic N) is 2. The van der Waals surface area contributed by atoms with Crippen molar-refractivity contribution in [1.82, 2.24) is 14.5 Å². The van der Waals surface area contributed by atoms with Crippen molar-refractivity contribution in [3.05, 3.63) is 76.2 Å². The van der Waals surface area contributed by atoms with Crippen LogP contribution in [-0.4, -0.2) is 37.7 Å². The molecule has 1 amide bonds. The number of alkyl halides is 3. The number of carboxylic acid groups (broad SMARTS) is 1. The Hall–Kier alpha value is -3.89. The van der Waals surface area contributed by atoms with E-state index in [0.717, 1.165) is 17.1 Å². The zero-order chi connectivity index (χ0) is 22.5. The Morgan fingerprint density at radius 3 is 2.20 bits per heavy atom. The summed E-state index contributed by atoms with van der Waals surface area (Å²) < 4.78 is 33.7. The fourth-order valence-electron chi connectivity index (χ4n) is 2.26. The third kappa shape index (κ3) is 5.56. The highest BCUT2D eigenvalue weighted by atomic mass is 19.4. The zero-order valence-corrected chi connectivity index (χ0v) is 15.8. The monoisotopic (exact) mass is 422 g/mol. The molecule has 0 spiro atoms. The molecule has 3 aromatic rings. The topological polar surface area (TPSA) is 117 Å². The van der Waals surface area contributed by atoms with Crippen molar-refractivity contribution in [3.63, 3.8) is 0 Å². The van der Waals surface area contributed by atoms with Crippen molar-refractivity contribution >= 4 is 17.6 Å². The fraction of sp³-hybridized carbons (Fsp3) is 0.158. The van der Waals surface area contributed by atoms with Crippen molar-refractivity contribution in [2.45, 2.75) is 20.0 Å². The Kier molecular flexibility index (Phi) is 6.77. The van der Waals surface area contributed by atoms with Crippen LogP contribution in [0, 0.1) is 13.8 Å².